The molecule has 0 spiro atoms. The Bertz CT molecular complexity index is 800. The number of benzene rings is 2. The van der Waals surface area contributed by atoms with E-state index >= 15 is 0 Å². The minimum absolute atomic E-state index is 0.164. The third kappa shape index (κ3) is 3.03. The van der Waals surface area contributed by atoms with E-state index in [2.05, 4.69) is 15.5 Å². The summed E-state index contributed by atoms with van der Waals surface area (Å²) in [6, 6.07) is 12.7. The van der Waals surface area contributed by atoms with Gasteiger partial charge in [0.05, 0.1) is 19.0 Å². The van der Waals surface area contributed by atoms with Crippen molar-refractivity contribution in [1.82, 2.24) is 10.2 Å². The number of hydrogen-bond acceptors (Lipinski definition) is 4. The van der Waals surface area contributed by atoms with Crippen LogP contribution in [0.2, 0.25) is 0 Å². The smallest absolute Gasteiger partial charge is 0.255 e. The molecule has 22 heavy (non-hydrogen) atoms. The highest BCUT2D eigenvalue weighted by Gasteiger charge is 2.07. The number of anilines is 1. The molecule has 0 atom stereocenters. The molecule has 1 heterocycles. The molecule has 0 fully saturated rings. The van der Waals surface area contributed by atoms with Gasteiger partial charge in [0.1, 0.15) is 5.75 Å². The number of rotatable bonds is 4. The van der Waals surface area contributed by atoms with Crippen LogP contribution < -0.4 is 10.1 Å². The molecule has 0 bridgehead atoms. The van der Waals surface area contributed by atoms with Gasteiger partial charge in [-0.2, -0.15) is 10.2 Å². The average Bonchev–Trinajstić information content (AvgIpc) is 2.56. The fraction of sp³-hybridized carbons (Fsp3) is 0.118. The summed E-state index contributed by atoms with van der Waals surface area (Å²) in [7, 11) is 0. The number of hydrogen-bond donors (Lipinski definition) is 1. The molecule has 1 amide bonds. The summed E-state index contributed by atoms with van der Waals surface area (Å²) in [4.78, 5) is 12.3. The summed E-state index contributed by atoms with van der Waals surface area (Å²) in [5.74, 6) is 0.618. The highest BCUT2D eigenvalue weighted by Crippen LogP contribution is 2.18. The molecule has 2 aromatic carbocycles. The Morgan fingerprint density at radius 3 is 2.50 bits per heavy atom. The zero-order valence-electron chi connectivity index (χ0n) is 12.1. The summed E-state index contributed by atoms with van der Waals surface area (Å²) in [5.41, 5.74) is 1.30. The van der Waals surface area contributed by atoms with Crippen molar-refractivity contribution in [3.8, 4) is 5.75 Å². The zero-order chi connectivity index (χ0) is 15.4. The minimum atomic E-state index is -0.164. The second kappa shape index (κ2) is 6.22. The molecule has 110 valence electrons. The quantitative estimate of drug-likeness (QED) is 0.801. The molecule has 5 nitrogen and oxygen atoms in total. The topological polar surface area (TPSA) is 64.1 Å². The predicted octanol–water partition coefficient (Wildman–Crippen LogP) is 3.28. The lowest BCUT2D eigenvalue weighted by atomic mass is 10.1. The monoisotopic (exact) mass is 293 g/mol. The molecule has 0 unspecified atom stereocenters. The Morgan fingerprint density at radius 2 is 1.77 bits per heavy atom. The Labute approximate surface area is 127 Å². The summed E-state index contributed by atoms with van der Waals surface area (Å²) >= 11 is 0. The highest BCUT2D eigenvalue weighted by atomic mass is 16.5. The predicted molar refractivity (Wildman–Crippen MR) is 85.1 cm³/mol. The molecule has 0 aliphatic rings. The maximum atomic E-state index is 12.3. The van der Waals surface area contributed by atoms with Crippen molar-refractivity contribution in [1.29, 1.82) is 0 Å². The van der Waals surface area contributed by atoms with Gasteiger partial charge in [-0.15, -0.1) is 0 Å². The minimum Gasteiger partial charge on any atom is -0.494 e. The van der Waals surface area contributed by atoms with Crippen LogP contribution >= 0.6 is 0 Å². The van der Waals surface area contributed by atoms with Crippen molar-refractivity contribution in [3.05, 3.63) is 60.4 Å². The molecule has 1 aromatic heterocycles. The lowest BCUT2D eigenvalue weighted by molar-refractivity contribution is 0.102. The number of carbonyl (C=O) groups is 1. The fourth-order valence-corrected chi connectivity index (χ4v) is 2.14. The van der Waals surface area contributed by atoms with Crippen LogP contribution in [-0.2, 0) is 0 Å². The van der Waals surface area contributed by atoms with Gasteiger partial charge in [0.2, 0.25) is 0 Å². The van der Waals surface area contributed by atoms with E-state index in [0.717, 1.165) is 22.2 Å². The first kappa shape index (κ1) is 14.0. The van der Waals surface area contributed by atoms with Crippen LogP contribution in [0.25, 0.3) is 10.8 Å². The fourth-order valence-electron chi connectivity index (χ4n) is 2.14. The van der Waals surface area contributed by atoms with E-state index in [1.165, 1.54) is 0 Å². The van der Waals surface area contributed by atoms with Crippen molar-refractivity contribution in [2.45, 2.75) is 6.92 Å². The maximum Gasteiger partial charge on any atom is 0.255 e. The van der Waals surface area contributed by atoms with E-state index in [0.29, 0.717) is 12.2 Å². The summed E-state index contributed by atoms with van der Waals surface area (Å²) in [6.45, 7) is 2.55. The second-order valence-electron chi connectivity index (χ2n) is 4.74. The lowest BCUT2D eigenvalue weighted by Gasteiger charge is -2.07. The van der Waals surface area contributed by atoms with Gasteiger partial charge < -0.3 is 10.1 Å². The van der Waals surface area contributed by atoms with Crippen molar-refractivity contribution in [2.75, 3.05) is 11.9 Å². The molecule has 0 saturated carbocycles. The van der Waals surface area contributed by atoms with Gasteiger partial charge in [-0.05, 0) is 43.3 Å². The summed E-state index contributed by atoms with van der Waals surface area (Å²) in [6.07, 6.45) is 3.31. The first-order chi connectivity index (χ1) is 10.8. The van der Waals surface area contributed by atoms with Gasteiger partial charge in [-0.3, -0.25) is 4.79 Å². The number of aromatic nitrogens is 2. The van der Waals surface area contributed by atoms with Gasteiger partial charge in [0.25, 0.3) is 5.91 Å². The van der Waals surface area contributed by atoms with Crippen LogP contribution in [-0.4, -0.2) is 22.7 Å². The van der Waals surface area contributed by atoms with E-state index in [1.54, 1.807) is 24.5 Å². The molecule has 0 saturated heterocycles. The van der Waals surface area contributed by atoms with Crippen LogP contribution in [0.15, 0.2) is 54.9 Å². The third-order valence-corrected chi connectivity index (χ3v) is 3.23. The number of amides is 1. The molecular weight excluding hydrogens is 278 g/mol. The molecule has 0 radical (unpaired) electrons. The van der Waals surface area contributed by atoms with Crippen LogP contribution in [0, 0.1) is 0 Å². The van der Waals surface area contributed by atoms with Crippen LogP contribution in [0.5, 0.6) is 5.75 Å². The first-order valence-electron chi connectivity index (χ1n) is 7.01. The van der Waals surface area contributed by atoms with E-state index in [1.807, 2.05) is 37.3 Å². The van der Waals surface area contributed by atoms with E-state index in [4.69, 9.17) is 4.74 Å². The SMILES string of the molecule is CCOc1ccc(NC(=O)c2ccc3cnncc3c2)cc1. The van der Waals surface area contributed by atoms with Crippen molar-refractivity contribution in [3.63, 3.8) is 0 Å². The van der Waals surface area contributed by atoms with Gasteiger partial charge in [0, 0.05) is 22.0 Å². The number of nitrogens with one attached hydrogen (secondary N) is 1. The van der Waals surface area contributed by atoms with Crippen molar-refractivity contribution < 1.29 is 9.53 Å². The molecule has 3 rings (SSSR count). The van der Waals surface area contributed by atoms with Gasteiger partial charge >= 0.3 is 0 Å². The van der Waals surface area contributed by atoms with Crippen molar-refractivity contribution >= 4 is 22.4 Å². The number of carbonyl (C=O) groups excluding carboxylic acids is 1. The molecular formula is C17H15N3O2. The Morgan fingerprint density at radius 1 is 1.05 bits per heavy atom. The molecule has 3 aromatic rings. The number of nitrogens with zero attached hydrogens (tertiary/aromatic N) is 2. The third-order valence-electron chi connectivity index (χ3n) is 3.23. The van der Waals surface area contributed by atoms with E-state index in [-0.39, 0.29) is 5.91 Å². The normalized spacial score (nSPS) is 10.4. The van der Waals surface area contributed by atoms with Gasteiger partial charge in [-0.25, -0.2) is 0 Å². The average molecular weight is 293 g/mol. The zero-order valence-corrected chi connectivity index (χ0v) is 12.1. The lowest BCUT2D eigenvalue weighted by Crippen LogP contribution is -2.11. The standard InChI is InChI=1S/C17H15N3O2/c1-2-22-16-7-5-15(6-8-16)20-17(21)12-3-4-13-10-18-19-11-14(13)9-12/h3-11H,2H2,1H3,(H,20,21). The van der Waals surface area contributed by atoms with E-state index in [9.17, 15) is 4.79 Å². The summed E-state index contributed by atoms with van der Waals surface area (Å²) in [5, 5.41) is 12.3. The first-order valence-corrected chi connectivity index (χ1v) is 7.01. The molecule has 1 N–H and O–H groups in total. The Hall–Kier alpha value is -2.95. The van der Waals surface area contributed by atoms with Gasteiger partial charge in [0.15, 0.2) is 0 Å². The Kier molecular flexibility index (Phi) is 3.96. The molecule has 0 aliphatic heterocycles. The molecule has 0 aliphatic carbocycles. The maximum absolute atomic E-state index is 12.3. The highest BCUT2D eigenvalue weighted by molar-refractivity contribution is 6.06. The summed E-state index contributed by atoms with van der Waals surface area (Å²) < 4.78 is 5.37. The van der Waals surface area contributed by atoms with Gasteiger partial charge in [-0.1, -0.05) is 6.07 Å². The second-order valence-corrected chi connectivity index (χ2v) is 4.74. The van der Waals surface area contributed by atoms with Crippen LogP contribution in [0.3, 0.4) is 0 Å². The van der Waals surface area contributed by atoms with Crippen LogP contribution in [0.1, 0.15) is 17.3 Å². The van der Waals surface area contributed by atoms with E-state index < -0.39 is 0 Å². The molecule has 5 heteroatoms. The number of ether oxygens (including phenoxy) is 1. The Balaban J connectivity index is 1.77. The largest absolute Gasteiger partial charge is 0.494 e. The van der Waals surface area contributed by atoms with Crippen molar-refractivity contribution in [2.24, 2.45) is 0 Å². The van der Waals surface area contributed by atoms with Crippen LogP contribution in [0.4, 0.5) is 5.69 Å². The number of fused-ring (bicyclic) bond motifs is 1.